The highest BCUT2D eigenvalue weighted by molar-refractivity contribution is 8.01. The van der Waals surface area contributed by atoms with Gasteiger partial charge in [0, 0.05) is 22.7 Å². The van der Waals surface area contributed by atoms with E-state index in [1.165, 1.54) is 47.5 Å². The van der Waals surface area contributed by atoms with Gasteiger partial charge in [-0.25, -0.2) is 10.4 Å². The van der Waals surface area contributed by atoms with Gasteiger partial charge in [-0.15, -0.1) is 11.3 Å². The molecule has 1 amide bonds. The standard InChI is InChI=1S/C16H11ClN4O3S2/c17-12-6-5-11(21(23)24)7-10(12)8-18-20-15(22)9-25-16-19-13-3-1-2-4-14(13)26-16/h1-8H,9H2,(H,20,22)/b18-8-. The number of carbonyl (C=O) groups excluding carboxylic acids is 1. The van der Waals surface area contributed by atoms with Crippen LogP contribution in [-0.4, -0.2) is 27.8 Å². The van der Waals surface area contributed by atoms with Crippen LogP contribution in [-0.2, 0) is 4.79 Å². The minimum absolute atomic E-state index is 0.103. The monoisotopic (exact) mass is 406 g/mol. The SMILES string of the molecule is O=C(CSc1nc2ccccc2s1)N/N=C\c1cc([N+](=O)[O-])ccc1Cl. The van der Waals surface area contributed by atoms with Crippen LogP contribution < -0.4 is 5.43 Å². The molecule has 1 N–H and O–H groups in total. The molecule has 0 aliphatic heterocycles. The molecule has 0 unspecified atom stereocenters. The van der Waals surface area contributed by atoms with Gasteiger partial charge in [0.1, 0.15) is 0 Å². The van der Waals surface area contributed by atoms with Gasteiger partial charge in [-0.1, -0.05) is 35.5 Å². The lowest BCUT2D eigenvalue weighted by Gasteiger charge is -1.99. The topological polar surface area (TPSA) is 97.5 Å². The Morgan fingerprint density at radius 1 is 1.38 bits per heavy atom. The lowest BCUT2D eigenvalue weighted by atomic mass is 10.2. The molecule has 3 aromatic rings. The molecule has 0 fully saturated rings. The van der Waals surface area contributed by atoms with Gasteiger partial charge in [0.15, 0.2) is 4.34 Å². The van der Waals surface area contributed by atoms with Gasteiger partial charge in [0.25, 0.3) is 11.6 Å². The van der Waals surface area contributed by atoms with E-state index < -0.39 is 4.92 Å². The number of hydrogen-bond acceptors (Lipinski definition) is 7. The molecule has 0 radical (unpaired) electrons. The zero-order valence-corrected chi connectivity index (χ0v) is 15.5. The summed E-state index contributed by atoms with van der Waals surface area (Å²) in [5.74, 6) is -0.160. The number of para-hydroxylation sites is 1. The van der Waals surface area contributed by atoms with E-state index in [2.05, 4.69) is 15.5 Å². The Kier molecular flexibility index (Phi) is 5.82. The lowest BCUT2D eigenvalue weighted by Crippen LogP contribution is -2.19. The van der Waals surface area contributed by atoms with Crippen molar-refractivity contribution in [2.75, 3.05) is 5.75 Å². The second-order valence-corrected chi connectivity index (χ2v) is 7.65. The zero-order chi connectivity index (χ0) is 18.5. The van der Waals surface area contributed by atoms with Crippen molar-refractivity contribution in [3.05, 3.63) is 63.2 Å². The van der Waals surface area contributed by atoms with Crippen molar-refractivity contribution >= 4 is 62.7 Å². The molecule has 0 spiro atoms. The number of non-ortho nitro benzene ring substituents is 1. The third-order valence-electron chi connectivity index (χ3n) is 3.18. The summed E-state index contributed by atoms with van der Waals surface area (Å²) in [5, 5.41) is 14.9. The molecule has 0 atom stereocenters. The molecule has 0 saturated carbocycles. The van der Waals surface area contributed by atoms with Crippen molar-refractivity contribution in [2.24, 2.45) is 5.10 Å². The van der Waals surface area contributed by atoms with E-state index in [4.69, 9.17) is 11.6 Å². The Bertz CT molecular complexity index is 973. The van der Waals surface area contributed by atoms with Crippen molar-refractivity contribution in [3.8, 4) is 0 Å². The van der Waals surface area contributed by atoms with E-state index in [9.17, 15) is 14.9 Å². The number of carbonyl (C=O) groups is 1. The molecule has 0 bridgehead atoms. The van der Waals surface area contributed by atoms with Crippen molar-refractivity contribution < 1.29 is 9.72 Å². The summed E-state index contributed by atoms with van der Waals surface area (Å²) < 4.78 is 1.86. The highest BCUT2D eigenvalue weighted by atomic mass is 35.5. The van der Waals surface area contributed by atoms with Crippen LogP contribution in [0.2, 0.25) is 5.02 Å². The highest BCUT2D eigenvalue weighted by Gasteiger charge is 2.09. The summed E-state index contributed by atoms with van der Waals surface area (Å²) in [6.07, 6.45) is 1.27. The normalized spacial score (nSPS) is 11.1. The van der Waals surface area contributed by atoms with Gasteiger partial charge in [-0.2, -0.15) is 5.10 Å². The number of benzene rings is 2. The molecular formula is C16H11ClN4O3S2. The average Bonchev–Trinajstić information content (AvgIpc) is 3.04. The third kappa shape index (κ3) is 4.57. The Hall–Kier alpha value is -2.49. The lowest BCUT2D eigenvalue weighted by molar-refractivity contribution is -0.384. The molecular weight excluding hydrogens is 396 g/mol. The summed E-state index contributed by atoms with van der Waals surface area (Å²) in [5.41, 5.74) is 3.51. The summed E-state index contributed by atoms with van der Waals surface area (Å²) in [7, 11) is 0. The third-order valence-corrected chi connectivity index (χ3v) is 5.71. The molecule has 10 heteroatoms. The van der Waals surface area contributed by atoms with Crippen LogP contribution in [0.4, 0.5) is 5.69 Å². The summed E-state index contributed by atoms with van der Waals surface area (Å²) in [4.78, 5) is 26.5. The van der Waals surface area contributed by atoms with Crippen molar-refractivity contribution in [1.82, 2.24) is 10.4 Å². The first-order valence-corrected chi connectivity index (χ1v) is 9.45. The van der Waals surface area contributed by atoms with Crippen LogP contribution in [0.1, 0.15) is 5.56 Å². The number of nitro groups is 1. The number of rotatable bonds is 6. The Morgan fingerprint density at radius 3 is 2.96 bits per heavy atom. The average molecular weight is 407 g/mol. The first kappa shape index (κ1) is 18.3. The van der Waals surface area contributed by atoms with E-state index in [0.717, 1.165) is 14.6 Å². The Balaban J connectivity index is 1.56. The number of thiazole rings is 1. The number of nitrogens with zero attached hydrogens (tertiary/aromatic N) is 3. The largest absolute Gasteiger partial charge is 0.272 e. The predicted molar refractivity (Wildman–Crippen MR) is 104 cm³/mol. The second-order valence-electron chi connectivity index (χ2n) is 4.99. The number of amides is 1. The molecule has 1 heterocycles. The molecule has 0 saturated heterocycles. The number of nitro benzene ring substituents is 1. The molecule has 132 valence electrons. The van der Waals surface area contributed by atoms with E-state index in [1.807, 2.05) is 24.3 Å². The van der Waals surface area contributed by atoms with E-state index >= 15 is 0 Å². The van der Waals surface area contributed by atoms with Gasteiger partial charge in [0.05, 0.1) is 27.1 Å². The minimum atomic E-state index is -0.527. The molecule has 0 aliphatic carbocycles. The van der Waals surface area contributed by atoms with Gasteiger partial charge in [0.2, 0.25) is 0 Å². The van der Waals surface area contributed by atoms with Crippen molar-refractivity contribution in [1.29, 1.82) is 0 Å². The number of hydrazone groups is 1. The number of aromatic nitrogens is 1. The van der Waals surface area contributed by atoms with Gasteiger partial charge in [-0.05, 0) is 18.2 Å². The first-order chi connectivity index (χ1) is 12.5. The maximum atomic E-state index is 11.9. The number of halogens is 1. The molecule has 2 aromatic carbocycles. The van der Waals surface area contributed by atoms with Crippen LogP contribution in [0.5, 0.6) is 0 Å². The number of hydrogen-bond donors (Lipinski definition) is 1. The summed E-state index contributed by atoms with van der Waals surface area (Å²) >= 11 is 8.79. The fourth-order valence-corrected chi connectivity index (χ4v) is 4.02. The smallest absolute Gasteiger partial charge is 0.270 e. The number of fused-ring (bicyclic) bond motifs is 1. The van der Waals surface area contributed by atoms with Crippen molar-refractivity contribution in [3.63, 3.8) is 0 Å². The maximum absolute atomic E-state index is 11.9. The second kappa shape index (κ2) is 8.26. The fraction of sp³-hybridized carbons (Fsp3) is 0.0625. The zero-order valence-electron chi connectivity index (χ0n) is 13.1. The summed E-state index contributed by atoms with van der Waals surface area (Å²) in [6, 6.07) is 11.7. The predicted octanol–water partition coefficient (Wildman–Crippen LogP) is 4.10. The van der Waals surface area contributed by atoms with E-state index in [1.54, 1.807) is 0 Å². The van der Waals surface area contributed by atoms with Crippen LogP contribution in [0.15, 0.2) is 51.9 Å². The van der Waals surface area contributed by atoms with Crippen LogP contribution >= 0.6 is 34.7 Å². The quantitative estimate of drug-likeness (QED) is 0.287. The number of thioether (sulfide) groups is 1. The highest BCUT2D eigenvalue weighted by Crippen LogP contribution is 2.29. The van der Waals surface area contributed by atoms with Crippen LogP contribution in [0.25, 0.3) is 10.2 Å². The van der Waals surface area contributed by atoms with E-state index in [0.29, 0.717) is 10.6 Å². The molecule has 0 aliphatic rings. The van der Waals surface area contributed by atoms with Gasteiger partial charge >= 0.3 is 0 Å². The van der Waals surface area contributed by atoms with Crippen molar-refractivity contribution in [2.45, 2.75) is 4.34 Å². The maximum Gasteiger partial charge on any atom is 0.270 e. The number of nitrogens with one attached hydrogen (secondary N) is 1. The summed E-state index contributed by atoms with van der Waals surface area (Å²) in [6.45, 7) is 0. The van der Waals surface area contributed by atoms with Crippen LogP contribution in [0.3, 0.4) is 0 Å². The van der Waals surface area contributed by atoms with Gasteiger partial charge < -0.3 is 0 Å². The fourth-order valence-electron chi connectivity index (χ4n) is 1.99. The molecule has 26 heavy (non-hydrogen) atoms. The van der Waals surface area contributed by atoms with Crippen LogP contribution in [0, 0.1) is 10.1 Å². The van der Waals surface area contributed by atoms with E-state index in [-0.39, 0.29) is 17.3 Å². The first-order valence-electron chi connectivity index (χ1n) is 7.27. The molecule has 7 nitrogen and oxygen atoms in total. The molecule has 3 rings (SSSR count). The Labute approximate surface area is 161 Å². The molecule has 1 aromatic heterocycles. The minimum Gasteiger partial charge on any atom is -0.272 e. The van der Waals surface area contributed by atoms with Gasteiger partial charge in [-0.3, -0.25) is 14.9 Å². The Morgan fingerprint density at radius 2 is 2.19 bits per heavy atom.